The Balaban J connectivity index is -0.00000121. The smallest absolute Gasteiger partial charge is 0.249 e. The number of nitrogens with two attached hydrogens (primary N) is 1. The highest BCUT2D eigenvalue weighted by molar-refractivity contribution is 6.00. The first-order valence-corrected chi connectivity index (χ1v) is 14.5. The molecule has 0 spiro atoms. The number of carbonyl (C=O) groups is 2. The molecule has 1 aromatic carbocycles. The Morgan fingerprint density at radius 1 is 0.950 bits per heavy atom. The summed E-state index contributed by atoms with van der Waals surface area (Å²) in [5.74, 6) is -0.729. The van der Waals surface area contributed by atoms with Gasteiger partial charge in [0.25, 0.3) is 0 Å². The number of Topliss-reactive ketones (excluding diaryl/α,β-unsaturated/α-hetero) is 1. The first-order valence-electron chi connectivity index (χ1n) is 14.5. The Morgan fingerprint density at radius 3 is 1.85 bits per heavy atom. The molecule has 6 heteroatoms. The van der Waals surface area contributed by atoms with Gasteiger partial charge in [-0.25, -0.2) is 4.39 Å². The summed E-state index contributed by atoms with van der Waals surface area (Å²) < 4.78 is 16.6. The van der Waals surface area contributed by atoms with E-state index in [0.717, 1.165) is 17.9 Å². The fraction of sp³-hybridized carbons (Fsp3) is 0.500. The van der Waals surface area contributed by atoms with Crippen LogP contribution in [0, 0.1) is 11.7 Å². The highest BCUT2D eigenvalue weighted by atomic mass is 19.1. The van der Waals surface area contributed by atoms with Crippen LogP contribution in [0.2, 0.25) is 0 Å². The Bertz CT molecular complexity index is 1170. The summed E-state index contributed by atoms with van der Waals surface area (Å²) in [6.07, 6.45) is 4.12. The molecular weight excluding hydrogens is 503 g/mol. The molecule has 40 heavy (non-hydrogen) atoms. The predicted molar refractivity (Wildman–Crippen MR) is 172 cm³/mol. The van der Waals surface area contributed by atoms with E-state index in [2.05, 4.69) is 20.8 Å². The third-order valence-electron chi connectivity index (χ3n) is 4.82. The van der Waals surface area contributed by atoms with Crippen molar-refractivity contribution in [2.75, 3.05) is 0 Å². The summed E-state index contributed by atoms with van der Waals surface area (Å²) in [5.41, 5.74) is 8.09. The van der Waals surface area contributed by atoms with E-state index in [4.69, 9.17) is 5.73 Å². The Kier molecular flexibility index (Phi) is 23.2. The van der Waals surface area contributed by atoms with Crippen molar-refractivity contribution in [1.29, 1.82) is 0 Å². The number of benzene rings is 1. The van der Waals surface area contributed by atoms with Crippen molar-refractivity contribution in [3.63, 3.8) is 0 Å². The molecule has 0 atom stereocenters. The second-order valence-electron chi connectivity index (χ2n) is 9.19. The summed E-state index contributed by atoms with van der Waals surface area (Å²) >= 11 is 0. The van der Waals surface area contributed by atoms with Crippen LogP contribution >= 0.6 is 0 Å². The molecule has 0 radical (unpaired) electrons. The maximum Gasteiger partial charge on any atom is 0.249 e. The number of halogens is 1. The number of amides is 1. The molecule has 2 rings (SSSR count). The maximum atomic E-state index is 14.7. The van der Waals surface area contributed by atoms with E-state index in [1.165, 1.54) is 31.2 Å². The molecular formula is C34H55FN2O3. The molecule has 0 aliphatic rings. The summed E-state index contributed by atoms with van der Waals surface area (Å²) in [4.78, 5) is 36.1. The minimum Gasteiger partial charge on any atom is -0.366 e. The lowest BCUT2D eigenvalue weighted by molar-refractivity contribution is 0.0995. The fourth-order valence-corrected chi connectivity index (χ4v) is 3.36. The van der Waals surface area contributed by atoms with Gasteiger partial charge >= 0.3 is 0 Å². The lowest BCUT2D eigenvalue weighted by Crippen LogP contribution is -2.19. The molecule has 0 aliphatic heterocycles. The monoisotopic (exact) mass is 558 g/mol. The number of ketones is 1. The zero-order valence-electron chi connectivity index (χ0n) is 27.6. The van der Waals surface area contributed by atoms with E-state index in [9.17, 15) is 18.8 Å². The highest BCUT2D eigenvalue weighted by Crippen LogP contribution is 2.29. The van der Waals surface area contributed by atoms with Gasteiger partial charge in [0, 0.05) is 35.6 Å². The van der Waals surface area contributed by atoms with Gasteiger partial charge in [-0.1, -0.05) is 80.9 Å². The standard InChI is InChI=1S/C24H27FN2O3.C4H10.3C2H6/c1-6-10-27-13-19(16(5)28)22(29)12-21(27)15(4)11-18(14(2)3)23-17(24(26)30)8-7-9-20(23)25;1-4(2)3;3*1-2/h7-9,11-13H,6,10H2,1-5H3,(H2,26,30);4H,1-3H3;3*1-2H3/b15-11+;;;;. The van der Waals surface area contributed by atoms with Gasteiger partial charge in [0.1, 0.15) is 5.82 Å². The van der Waals surface area contributed by atoms with Gasteiger partial charge in [-0.3, -0.25) is 14.4 Å². The minimum absolute atomic E-state index is 0.0909. The van der Waals surface area contributed by atoms with Crippen LogP contribution in [0.25, 0.3) is 11.1 Å². The van der Waals surface area contributed by atoms with Crippen molar-refractivity contribution in [2.24, 2.45) is 11.7 Å². The largest absolute Gasteiger partial charge is 0.366 e. The third kappa shape index (κ3) is 13.7. The van der Waals surface area contributed by atoms with Crippen molar-refractivity contribution in [3.05, 3.63) is 80.5 Å². The number of primary amides is 1. The van der Waals surface area contributed by atoms with Gasteiger partial charge in [0.15, 0.2) is 11.2 Å². The fourth-order valence-electron chi connectivity index (χ4n) is 3.36. The van der Waals surface area contributed by atoms with Crippen LogP contribution in [-0.2, 0) is 6.54 Å². The van der Waals surface area contributed by atoms with E-state index in [1.54, 1.807) is 12.3 Å². The molecule has 0 unspecified atom stereocenters. The number of pyridine rings is 1. The molecule has 1 heterocycles. The van der Waals surface area contributed by atoms with Gasteiger partial charge < -0.3 is 10.3 Å². The van der Waals surface area contributed by atoms with Crippen molar-refractivity contribution in [1.82, 2.24) is 4.57 Å². The molecule has 0 fully saturated rings. The Morgan fingerprint density at radius 2 is 1.45 bits per heavy atom. The SMILES string of the molecule is CC.CC.CC.CC(C)C.CCCn1cc(C(C)=O)c(=O)cc1/C(C)=C/C(=C(C)C)c1c(F)cccc1C(N)=O. The predicted octanol–water partition coefficient (Wildman–Crippen LogP) is 9.34. The second kappa shape index (κ2) is 22.5. The van der Waals surface area contributed by atoms with Gasteiger partial charge in [0.05, 0.1) is 5.56 Å². The number of aryl methyl sites for hydroxylation is 1. The van der Waals surface area contributed by atoms with Crippen LogP contribution in [0.5, 0.6) is 0 Å². The van der Waals surface area contributed by atoms with E-state index in [0.29, 0.717) is 23.4 Å². The van der Waals surface area contributed by atoms with Gasteiger partial charge in [0.2, 0.25) is 5.91 Å². The van der Waals surface area contributed by atoms with Crippen LogP contribution in [-0.4, -0.2) is 16.3 Å². The summed E-state index contributed by atoms with van der Waals surface area (Å²) in [5, 5.41) is 0. The van der Waals surface area contributed by atoms with Crippen molar-refractivity contribution in [3.8, 4) is 0 Å². The number of allylic oxidation sites excluding steroid dienone is 4. The average molecular weight is 559 g/mol. The Labute approximate surface area is 243 Å². The summed E-state index contributed by atoms with van der Waals surface area (Å²) in [7, 11) is 0. The van der Waals surface area contributed by atoms with E-state index < -0.39 is 11.7 Å². The lowest BCUT2D eigenvalue weighted by Gasteiger charge is -2.17. The molecule has 2 aromatic rings. The Hall–Kier alpha value is -3.28. The minimum atomic E-state index is -0.719. The molecule has 226 valence electrons. The molecule has 0 bridgehead atoms. The van der Waals surface area contributed by atoms with Crippen molar-refractivity contribution < 1.29 is 14.0 Å². The van der Waals surface area contributed by atoms with E-state index >= 15 is 0 Å². The lowest BCUT2D eigenvalue weighted by atomic mass is 9.93. The molecule has 1 amide bonds. The van der Waals surface area contributed by atoms with Crippen LogP contribution in [0.3, 0.4) is 0 Å². The molecule has 0 saturated carbocycles. The molecule has 1 aromatic heterocycles. The number of rotatable bonds is 7. The number of nitrogens with zero attached hydrogens (tertiary/aromatic N) is 1. The van der Waals surface area contributed by atoms with Crippen LogP contribution in [0.4, 0.5) is 4.39 Å². The first-order chi connectivity index (χ1) is 18.8. The number of hydrogen-bond donors (Lipinski definition) is 1. The van der Waals surface area contributed by atoms with Crippen molar-refractivity contribution in [2.45, 2.75) is 110 Å². The summed E-state index contributed by atoms with van der Waals surface area (Å²) in [6.45, 7) is 27.9. The van der Waals surface area contributed by atoms with Crippen LogP contribution < -0.4 is 11.2 Å². The van der Waals surface area contributed by atoms with E-state index in [1.807, 2.05) is 73.8 Å². The number of hydrogen-bond acceptors (Lipinski definition) is 3. The molecule has 5 nitrogen and oxygen atoms in total. The molecule has 0 saturated heterocycles. The normalized spacial score (nSPS) is 9.85. The van der Waals surface area contributed by atoms with Crippen molar-refractivity contribution >= 4 is 22.8 Å². The zero-order valence-corrected chi connectivity index (χ0v) is 27.6. The highest BCUT2D eigenvalue weighted by Gasteiger charge is 2.18. The van der Waals surface area contributed by atoms with Gasteiger partial charge in [-0.2, -0.15) is 0 Å². The van der Waals surface area contributed by atoms with Gasteiger partial charge in [-0.05, 0) is 69.4 Å². The second-order valence-corrected chi connectivity index (χ2v) is 9.19. The molecule has 2 N–H and O–H groups in total. The third-order valence-corrected chi connectivity index (χ3v) is 4.82. The van der Waals surface area contributed by atoms with Crippen LogP contribution in [0.15, 0.2) is 46.9 Å². The zero-order chi connectivity index (χ0) is 32.2. The van der Waals surface area contributed by atoms with E-state index in [-0.39, 0.29) is 27.9 Å². The maximum absolute atomic E-state index is 14.7. The molecule has 0 aliphatic carbocycles. The quantitative estimate of drug-likeness (QED) is 0.271. The topological polar surface area (TPSA) is 82.2 Å². The van der Waals surface area contributed by atoms with Crippen LogP contribution in [0.1, 0.15) is 135 Å². The number of aromatic nitrogens is 1. The summed E-state index contributed by atoms with van der Waals surface area (Å²) in [6, 6.07) is 5.64. The average Bonchev–Trinajstić information content (AvgIpc) is 2.91. The number of carbonyl (C=O) groups excluding carboxylic acids is 2. The first kappa shape index (κ1) is 41.2. The van der Waals surface area contributed by atoms with Gasteiger partial charge in [-0.15, -0.1) is 0 Å².